The molecule has 0 saturated carbocycles. The second-order valence-corrected chi connectivity index (χ2v) is 7.00. The van der Waals surface area contributed by atoms with E-state index in [0.29, 0.717) is 13.0 Å². The highest BCUT2D eigenvalue weighted by atomic mass is 32.1. The Kier molecular flexibility index (Phi) is 4.67. The number of rotatable bonds is 4. The highest BCUT2D eigenvalue weighted by Gasteiger charge is 2.23. The first kappa shape index (κ1) is 14.7. The molecule has 1 aliphatic rings. The summed E-state index contributed by atoms with van der Waals surface area (Å²) in [7, 11) is 0. The maximum absolute atomic E-state index is 12.3. The summed E-state index contributed by atoms with van der Waals surface area (Å²) < 4.78 is 0. The van der Waals surface area contributed by atoms with Crippen LogP contribution in [0.4, 0.5) is 0 Å². The molecule has 1 N–H and O–H groups in total. The standard InChI is InChI=1S/C15H18N2O2S2/c18-8-11-2-1-4-17(7-11)14(19)6-13-10-21-15(16-13)12-3-5-20-9-12/h3,5,9-11,18H,1-2,4,6-8H2. The van der Waals surface area contributed by atoms with Crippen LogP contribution in [0, 0.1) is 5.92 Å². The van der Waals surface area contributed by atoms with Crippen LogP contribution in [0.1, 0.15) is 18.5 Å². The zero-order chi connectivity index (χ0) is 14.7. The largest absolute Gasteiger partial charge is 0.396 e. The van der Waals surface area contributed by atoms with Crippen LogP contribution in [-0.4, -0.2) is 40.6 Å². The zero-order valence-electron chi connectivity index (χ0n) is 11.7. The van der Waals surface area contributed by atoms with E-state index in [-0.39, 0.29) is 18.4 Å². The van der Waals surface area contributed by atoms with Crippen molar-refractivity contribution in [1.82, 2.24) is 9.88 Å². The molecule has 1 saturated heterocycles. The molecule has 1 atom stereocenters. The molecule has 0 spiro atoms. The summed E-state index contributed by atoms with van der Waals surface area (Å²) in [5.74, 6) is 0.356. The average molecular weight is 322 g/mol. The lowest BCUT2D eigenvalue weighted by molar-refractivity contribution is -0.132. The van der Waals surface area contributed by atoms with Gasteiger partial charge in [0.25, 0.3) is 0 Å². The van der Waals surface area contributed by atoms with Gasteiger partial charge in [0, 0.05) is 36.0 Å². The molecule has 3 heterocycles. The molecule has 4 nitrogen and oxygen atoms in total. The maximum atomic E-state index is 12.3. The molecular weight excluding hydrogens is 304 g/mol. The fourth-order valence-corrected chi connectivity index (χ4v) is 4.15. The minimum absolute atomic E-state index is 0.121. The number of hydrogen-bond donors (Lipinski definition) is 1. The van der Waals surface area contributed by atoms with Crippen molar-refractivity contribution in [1.29, 1.82) is 0 Å². The minimum Gasteiger partial charge on any atom is -0.396 e. The van der Waals surface area contributed by atoms with Crippen molar-refractivity contribution in [3.8, 4) is 10.6 Å². The molecule has 112 valence electrons. The number of aliphatic hydroxyl groups is 1. The van der Waals surface area contributed by atoms with Crippen molar-refractivity contribution < 1.29 is 9.90 Å². The molecule has 1 aliphatic heterocycles. The van der Waals surface area contributed by atoms with Gasteiger partial charge >= 0.3 is 0 Å². The first-order valence-corrected chi connectivity index (χ1v) is 8.94. The second kappa shape index (κ2) is 6.68. The Bertz CT molecular complexity index is 595. The van der Waals surface area contributed by atoms with E-state index in [4.69, 9.17) is 0 Å². The predicted molar refractivity (Wildman–Crippen MR) is 85.5 cm³/mol. The number of carbonyl (C=O) groups excluding carboxylic acids is 1. The van der Waals surface area contributed by atoms with Gasteiger partial charge in [-0.3, -0.25) is 4.79 Å². The first-order chi connectivity index (χ1) is 10.3. The lowest BCUT2D eigenvalue weighted by Crippen LogP contribution is -2.41. The van der Waals surface area contributed by atoms with Crippen LogP contribution in [0.3, 0.4) is 0 Å². The Morgan fingerprint density at radius 3 is 3.14 bits per heavy atom. The third-order valence-electron chi connectivity index (χ3n) is 3.78. The molecule has 0 aliphatic carbocycles. The second-order valence-electron chi connectivity index (χ2n) is 5.36. The highest BCUT2D eigenvalue weighted by molar-refractivity contribution is 7.14. The number of hydrogen-bond acceptors (Lipinski definition) is 5. The van der Waals surface area contributed by atoms with Crippen molar-refractivity contribution in [3.63, 3.8) is 0 Å². The van der Waals surface area contributed by atoms with Gasteiger partial charge in [0.05, 0.1) is 12.1 Å². The number of likely N-dealkylation sites (tertiary alicyclic amines) is 1. The molecule has 2 aromatic heterocycles. The Labute approximate surface area is 132 Å². The number of carbonyl (C=O) groups is 1. The van der Waals surface area contributed by atoms with E-state index >= 15 is 0 Å². The molecule has 1 fully saturated rings. The van der Waals surface area contributed by atoms with E-state index in [9.17, 15) is 9.90 Å². The van der Waals surface area contributed by atoms with Crippen molar-refractivity contribution in [2.45, 2.75) is 19.3 Å². The molecule has 3 rings (SSSR count). The number of thiophene rings is 1. The van der Waals surface area contributed by atoms with Crippen LogP contribution in [0.15, 0.2) is 22.2 Å². The van der Waals surface area contributed by atoms with E-state index in [0.717, 1.165) is 35.7 Å². The van der Waals surface area contributed by atoms with Gasteiger partial charge < -0.3 is 10.0 Å². The lowest BCUT2D eigenvalue weighted by atomic mass is 9.99. The highest BCUT2D eigenvalue weighted by Crippen LogP contribution is 2.26. The predicted octanol–water partition coefficient (Wildman–Crippen LogP) is 2.65. The van der Waals surface area contributed by atoms with Crippen LogP contribution in [0.25, 0.3) is 10.6 Å². The van der Waals surface area contributed by atoms with Crippen molar-refractivity contribution in [2.24, 2.45) is 5.92 Å². The summed E-state index contributed by atoms with van der Waals surface area (Å²) in [6, 6.07) is 2.05. The number of aliphatic hydroxyl groups excluding tert-OH is 1. The maximum Gasteiger partial charge on any atom is 0.228 e. The van der Waals surface area contributed by atoms with E-state index in [1.807, 2.05) is 21.7 Å². The molecule has 1 unspecified atom stereocenters. The van der Waals surface area contributed by atoms with Crippen LogP contribution in [0.2, 0.25) is 0 Å². The molecule has 0 aromatic carbocycles. The van der Waals surface area contributed by atoms with E-state index in [2.05, 4.69) is 10.4 Å². The smallest absolute Gasteiger partial charge is 0.228 e. The third-order valence-corrected chi connectivity index (χ3v) is 5.41. The Hall–Kier alpha value is -1.24. The number of piperidine rings is 1. The topological polar surface area (TPSA) is 53.4 Å². The summed E-state index contributed by atoms with van der Waals surface area (Å²) in [5, 5.41) is 16.3. The van der Waals surface area contributed by atoms with E-state index in [1.165, 1.54) is 0 Å². The third kappa shape index (κ3) is 3.51. The SMILES string of the molecule is O=C(Cc1csc(-c2ccsc2)n1)N1CCCC(CO)C1. The van der Waals surface area contributed by atoms with Gasteiger partial charge in [-0.1, -0.05) is 0 Å². The number of nitrogens with zero attached hydrogens (tertiary/aromatic N) is 2. The number of aromatic nitrogens is 1. The van der Waals surface area contributed by atoms with Gasteiger partial charge in [-0.05, 0) is 30.2 Å². The quantitative estimate of drug-likeness (QED) is 0.941. The fraction of sp³-hybridized carbons (Fsp3) is 0.467. The molecule has 0 bridgehead atoms. The Morgan fingerprint density at radius 1 is 1.48 bits per heavy atom. The Balaban J connectivity index is 1.62. The molecule has 1 amide bonds. The van der Waals surface area contributed by atoms with E-state index < -0.39 is 0 Å². The summed E-state index contributed by atoms with van der Waals surface area (Å²) in [5.41, 5.74) is 1.97. The van der Waals surface area contributed by atoms with Crippen molar-refractivity contribution >= 4 is 28.6 Å². The van der Waals surface area contributed by atoms with Gasteiger partial charge in [0.1, 0.15) is 5.01 Å². The summed E-state index contributed by atoms with van der Waals surface area (Å²) >= 11 is 3.24. The van der Waals surface area contributed by atoms with Gasteiger partial charge in [-0.25, -0.2) is 4.98 Å². The summed E-state index contributed by atoms with van der Waals surface area (Å²) in [6.45, 7) is 1.65. The molecular formula is C15H18N2O2S2. The molecule has 2 aromatic rings. The van der Waals surface area contributed by atoms with Crippen molar-refractivity contribution in [2.75, 3.05) is 19.7 Å². The van der Waals surface area contributed by atoms with Gasteiger partial charge in [0.15, 0.2) is 0 Å². The minimum atomic E-state index is 0.121. The average Bonchev–Trinajstić information content (AvgIpc) is 3.18. The lowest BCUT2D eigenvalue weighted by Gasteiger charge is -2.31. The molecule has 6 heteroatoms. The Morgan fingerprint density at radius 2 is 2.38 bits per heavy atom. The first-order valence-electron chi connectivity index (χ1n) is 7.12. The van der Waals surface area contributed by atoms with Gasteiger partial charge in [-0.15, -0.1) is 11.3 Å². The molecule has 0 radical (unpaired) electrons. The number of thiazole rings is 1. The van der Waals surface area contributed by atoms with Crippen LogP contribution in [0.5, 0.6) is 0 Å². The van der Waals surface area contributed by atoms with E-state index in [1.54, 1.807) is 22.7 Å². The normalized spacial score (nSPS) is 18.9. The summed E-state index contributed by atoms with van der Waals surface area (Å²) in [6.07, 6.45) is 2.35. The summed E-state index contributed by atoms with van der Waals surface area (Å²) in [4.78, 5) is 18.8. The fourth-order valence-electron chi connectivity index (χ4n) is 2.61. The van der Waals surface area contributed by atoms with Gasteiger partial charge in [0.2, 0.25) is 5.91 Å². The zero-order valence-corrected chi connectivity index (χ0v) is 13.3. The monoisotopic (exact) mass is 322 g/mol. The van der Waals surface area contributed by atoms with Crippen LogP contribution >= 0.6 is 22.7 Å². The van der Waals surface area contributed by atoms with Crippen molar-refractivity contribution in [3.05, 3.63) is 27.9 Å². The van der Waals surface area contributed by atoms with Crippen LogP contribution in [-0.2, 0) is 11.2 Å². The molecule has 21 heavy (non-hydrogen) atoms. The van der Waals surface area contributed by atoms with Crippen LogP contribution < -0.4 is 0 Å². The van der Waals surface area contributed by atoms with Gasteiger partial charge in [-0.2, -0.15) is 11.3 Å². The number of amides is 1.